The van der Waals surface area contributed by atoms with E-state index in [0.29, 0.717) is 5.69 Å². The second kappa shape index (κ2) is 6.14. The summed E-state index contributed by atoms with van der Waals surface area (Å²) >= 11 is 0. The molecule has 5 nitrogen and oxygen atoms in total. The maximum absolute atomic E-state index is 12.5. The van der Waals surface area contributed by atoms with Crippen molar-refractivity contribution in [2.75, 3.05) is 5.32 Å². The van der Waals surface area contributed by atoms with E-state index in [-0.39, 0.29) is 29.6 Å². The Balaban J connectivity index is 1.74. The molecule has 5 heteroatoms. The Labute approximate surface area is 136 Å². The Kier molecular flexibility index (Phi) is 4.20. The number of hydrogen-bond acceptors (Lipinski definition) is 3. The predicted molar refractivity (Wildman–Crippen MR) is 86.6 cm³/mol. The van der Waals surface area contributed by atoms with Crippen molar-refractivity contribution >= 4 is 23.4 Å². The summed E-state index contributed by atoms with van der Waals surface area (Å²) in [5.41, 5.74) is 1.72. The fraction of sp³-hybridized carbons (Fsp3) is 0.500. The number of anilines is 1. The molecular formula is C18H22N2O3. The molecule has 23 heavy (non-hydrogen) atoms. The fourth-order valence-electron chi connectivity index (χ4n) is 3.66. The molecule has 1 N–H and O–H groups in total. The van der Waals surface area contributed by atoms with Gasteiger partial charge in [-0.1, -0.05) is 25.0 Å². The molecule has 1 aromatic carbocycles. The SMILES string of the molecule is Cc1cccc(NC(=O)C(C)N2C(=O)C3CCCCC3C2=O)c1. The fourth-order valence-corrected chi connectivity index (χ4v) is 3.66. The normalized spacial score (nSPS) is 25.2. The standard InChI is InChI=1S/C18H22N2O3/c1-11-6-5-7-13(10-11)19-16(21)12(2)20-17(22)14-8-3-4-9-15(14)18(20)23/h5-7,10,12,14-15H,3-4,8-9H2,1-2H3,(H,19,21). The lowest BCUT2D eigenvalue weighted by molar-refractivity contribution is -0.146. The van der Waals surface area contributed by atoms with Gasteiger partial charge in [0.2, 0.25) is 17.7 Å². The summed E-state index contributed by atoms with van der Waals surface area (Å²) < 4.78 is 0. The molecule has 3 atom stereocenters. The summed E-state index contributed by atoms with van der Waals surface area (Å²) in [6.07, 6.45) is 3.49. The van der Waals surface area contributed by atoms with E-state index >= 15 is 0 Å². The molecule has 1 saturated carbocycles. The maximum atomic E-state index is 12.5. The van der Waals surface area contributed by atoms with E-state index in [4.69, 9.17) is 0 Å². The molecule has 2 fully saturated rings. The Hall–Kier alpha value is -2.17. The van der Waals surface area contributed by atoms with Crippen molar-refractivity contribution in [3.8, 4) is 0 Å². The van der Waals surface area contributed by atoms with Crippen molar-refractivity contribution in [2.24, 2.45) is 11.8 Å². The number of likely N-dealkylation sites (tertiary alicyclic amines) is 1. The predicted octanol–water partition coefficient (Wildman–Crippen LogP) is 2.50. The third-order valence-electron chi connectivity index (χ3n) is 4.93. The first-order valence-corrected chi connectivity index (χ1v) is 8.23. The van der Waals surface area contributed by atoms with E-state index in [1.807, 2.05) is 25.1 Å². The van der Waals surface area contributed by atoms with Crippen LogP contribution in [0.3, 0.4) is 0 Å². The van der Waals surface area contributed by atoms with Gasteiger partial charge in [0, 0.05) is 5.69 Å². The number of aryl methyl sites for hydroxylation is 1. The number of carbonyl (C=O) groups excluding carboxylic acids is 3. The van der Waals surface area contributed by atoms with Gasteiger partial charge in [0.1, 0.15) is 6.04 Å². The average molecular weight is 314 g/mol. The van der Waals surface area contributed by atoms with E-state index in [0.717, 1.165) is 31.2 Å². The van der Waals surface area contributed by atoms with Crippen LogP contribution < -0.4 is 5.32 Å². The smallest absolute Gasteiger partial charge is 0.247 e. The molecule has 0 aromatic heterocycles. The van der Waals surface area contributed by atoms with Crippen LogP contribution in [0.1, 0.15) is 38.2 Å². The summed E-state index contributed by atoms with van der Waals surface area (Å²) in [7, 11) is 0. The summed E-state index contributed by atoms with van der Waals surface area (Å²) in [6.45, 7) is 3.57. The molecule has 0 radical (unpaired) electrons. The summed E-state index contributed by atoms with van der Waals surface area (Å²) in [5, 5.41) is 2.80. The van der Waals surface area contributed by atoms with E-state index in [1.165, 1.54) is 4.90 Å². The number of carbonyl (C=O) groups is 3. The first-order chi connectivity index (χ1) is 11.0. The number of benzene rings is 1. The van der Waals surface area contributed by atoms with Gasteiger partial charge in [-0.2, -0.15) is 0 Å². The molecule has 1 saturated heterocycles. The number of nitrogens with one attached hydrogen (secondary N) is 1. The van der Waals surface area contributed by atoms with Gasteiger partial charge in [0.15, 0.2) is 0 Å². The van der Waals surface area contributed by atoms with Crippen molar-refractivity contribution in [3.05, 3.63) is 29.8 Å². The van der Waals surface area contributed by atoms with Crippen LogP contribution in [0.4, 0.5) is 5.69 Å². The molecule has 0 bridgehead atoms. The largest absolute Gasteiger partial charge is 0.324 e. The lowest BCUT2D eigenvalue weighted by Gasteiger charge is -2.22. The van der Waals surface area contributed by atoms with Crippen LogP contribution in [0, 0.1) is 18.8 Å². The van der Waals surface area contributed by atoms with Gasteiger partial charge in [-0.3, -0.25) is 19.3 Å². The molecular weight excluding hydrogens is 292 g/mol. The number of rotatable bonds is 3. The zero-order valence-electron chi connectivity index (χ0n) is 13.5. The highest BCUT2D eigenvalue weighted by Crippen LogP contribution is 2.38. The third kappa shape index (κ3) is 2.87. The van der Waals surface area contributed by atoms with E-state index < -0.39 is 6.04 Å². The topological polar surface area (TPSA) is 66.5 Å². The summed E-state index contributed by atoms with van der Waals surface area (Å²) in [5.74, 6) is -1.11. The van der Waals surface area contributed by atoms with Crippen molar-refractivity contribution in [3.63, 3.8) is 0 Å². The summed E-state index contributed by atoms with van der Waals surface area (Å²) in [6, 6.07) is 6.68. The quantitative estimate of drug-likeness (QED) is 0.872. The van der Waals surface area contributed by atoms with E-state index in [1.54, 1.807) is 13.0 Å². The summed E-state index contributed by atoms with van der Waals surface area (Å²) in [4.78, 5) is 38.7. The van der Waals surface area contributed by atoms with Gasteiger partial charge < -0.3 is 5.32 Å². The molecule has 3 amide bonds. The Morgan fingerprint density at radius 1 is 1.17 bits per heavy atom. The number of amides is 3. The minimum absolute atomic E-state index is 0.174. The molecule has 3 unspecified atom stereocenters. The molecule has 2 aliphatic rings. The van der Waals surface area contributed by atoms with Crippen molar-refractivity contribution in [2.45, 2.75) is 45.6 Å². The van der Waals surface area contributed by atoms with Gasteiger partial charge in [-0.25, -0.2) is 0 Å². The third-order valence-corrected chi connectivity index (χ3v) is 4.93. The van der Waals surface area contributed by atoms with Crippen LogP contribution in [0.25, 0.3) is 0 Å². The molecule has 1 aliphatic carbocycles. The van der Waals surface area contributed by atoms with E-state index in [9.17, 15) is 14.4 Å². The van der Waals surface area contributed by atoms with Crippen molar-refractivity contribution in [1.82, 2.24) is 4.90 Å². The molecule has 1 aliphatic heterocycles. The van der Waals surface area contributed by atoms with Gasteiger partial charge >= 0.3 is 0 Å². The van der Waals surface area contributed by atoms with Gasteiger partial charge in [-0.05, 0) is 44.4 Å². The van der Waals surface area contributed by atoms with Gasteiger partial charge in [0.05, 0.1) is 11.8 Å². The number of nitrogens with zero attached hydrogens (tertiary/aromatic N) is 1. The van der Waals surface area contributed by atoms with Crippen molar-refractivity contribution < 1.29 is 14.4 Å². The second-order valence-corrected chi connectivity index (χ2v) is 6.58. The highest BCUT2D eigenvalue weighted by Gasteiger charge is 2.50. The second-order valence-electron chi connectivity index (χ2n) is 6.58. The lowest BCUT2D eigenvalue weighted by atomic mass is 9.81. The van der Waals surface area contributed by atoms with Crippen molar-refractivity contribution in [1.29, 1.82) is 0 Å². The lowest BCUT2D eigenvalue weighted by Crippen LogP contribution is -2.46. The first-order valence-electron chi connectivity index (χ1n) is 8.23. The van der Waals surface area contributed by atoms with Crippen LogP contribution in [-0.4, -0.2) is 28.7 Å². The zero-order valence-corrected chi connectivity index (χ0v) is 13.5. The Morgan fingerprint density at radius 3 is 2.35 bits per heavy atom. The minimum Gasteiger partial charge on any atom is -0.324 e. The van der Waals surface area contributed by atoms with Gasteiger partial charge in [0.25, 0.3) is 0 Å². The maximum Gasteiger partial charge on any atom is 0.247 e. The zero-order chi connectivity index (χ0) is 16.6. The highest BCUT2D eigenvalue weighted by atomic mass is 16.2. The molecule has 1 heterocycles. The molecule has 3 rings (SSSR count). The average Bonchev–Trinajstić information content (AvgIpc) is 2.79. The Morgan fingerprint density at radius 2 is 1.78 bits per heavy atom. The molecule has 1 aromatic rings. The Bertz CT molecular complexity index is 631. The minimum atomic E-state index is -0.777. The number of fused-ring (bicyclic) bond motifs is 1. The van der Waals surface area contributed by atoms with Crippen LogP contribution in [0.15, 0.2) is 24.3 Å². The van der Waals surface area contributed by atoms with Gasteiger partial charge in [-0.15, -0.1) is 0 Å². The monoisotopic (exact) mass is 314 g/mol. The number of hydrogen-bond donors (Lipinski definition) is 1. The van der Waals surface area contributed by atoms with Crippen LogP contribution in [0.5, 0.6) is 0 Å². The highest BCUT2D eigenvalue weighted by molar-refractivity contribution is 6.09. The van der Waals surface area contributed by atoms with E-state index in [2.05, 4.69) is 5.32 Å². The first kappa shape index (κ1) is 15.7. The van der Waals surface area contributed by atoms with Crippen LogP contribution >= 0.6 is 0 Å². The van der Waals surface area contributed by atoms with Crippen LogP contribution in [-0.2, 0) is 14.4 Å². The molecule has 122 valence electrons. The molecule has 0 spiro atoms. The number of imide groups is 1. The van der Waals surface area contributed by atoms with Crippen LogP contribution in [0.2, 0.25) is 0 Å².